The van der Waals surface area contributed by atoms with E-state index in [9.17, 15) is 0 Å². The maximum absolute atomic E-state index is 5.65. The van der Waals surface area contributed by atoms with E-state index in [1.807, 2.05) is 22.9 Å². The Hall–Kier alpha value is -1.58. The molecule has 9 heteroatoms. The quantitative estimate of drug-likeness (QED) is 0.582. The maximum atomic E-state index is 5.65. The molecule has 6 nitrogen and oxygen atoms in total. The van der Waals surface area contributed by atoms with Crippen LogP contribution in [0.3, 0.4) is 0 Å². The predicted octanol–water partition coefficient (Wildman–Crippen LogP) is 3.61. The maximum Gasteiger partial charge on any atom is 0.209 e. The summed E-state index contributed by atoms with van der Waals surface area (Å²) in [7, 11) is 0. The van der Waals surface area contributed by atoms with Crippen molar-refractivity contribution in [3.8, 4) is 11.5 Å². The molecule has 0 bridgehead atoms. The molecule has 0 radical (unpaired) electrons. The molecule has 0 N–H and O–H groups in total. The second-order valence-electron chi connectivity index (χ2n) is 5.07. The van der Waals surface area contributed by atoms with Crippen molar-refractivity contribution in [2.24, 2.45) is 0 Å². The fraction of sp³-hybridized carbons (Fsp3) is 0.267. The molecule has 24 heavy (non-hydrogen) atoms. The first-order chi connectivity index (χ1) is 11.8. The van der Waals surface area contributed by atoms with Gasteiger partial charge in [0, 0.05) is 15.1 Å². The van der Waals surface area contributed by atoms with Crippen LogP contribution < -0.4 is 9.47 Å². The highest BCUT2D eigenvalue weighted by molar-refractivity contribution is 9.10. The second kappa shape index (κ2) is 7.12. The summed E-state index contributed by atoms with van der Waals surface area (Å²) in [6.45, 7) is 1.86. The van der Waals surface area contributed by atoms with E-state index < -0.39 is 0 Å². The minimum absolute atomic E-state index is 0.584. The fourth-order valence-corrected chi connectivity index (χ4v) is 4.51. The number of hydrogen-bond acceptors (Lipinski definition) is 7. The van der Waals surface area contributed by atoms with Gasteiger partial charge in [-0.25, -0.2) is 4.68 Å². The molecule has 0 saturated carbocycles. The van der Waals surface area contributed by atoms with Crippen molar-refractivity contribution in [3.05, 3.63) is 44.6 Å². The number of fused-ring (bicyclic) bond motifs is 1. The molecule has 0 fully saturated rings. The van der Waals surface area contributed by atoms with E-state index >= 15 is 0 Å². The van der Waals surface area contributed by atoms with E-state index in [2.05, 4.69) is 42.9 Å². The van der Waals surface area contributed by atoms with Gasteiger partial charge >= 0.3 is 0 Å². The van der Waals surface area contributed by atoms with Crippen LogP contribution in [-0.4, -0.2) is 33.4 Å². The predicted molar refractivity (Wildman–Crippen MR) is 95.9 cm³/mol. The Morgan fingerprint density at radius 3 is 2.88 bits per heavy atom. The molecule has 0 amide bonds. The van der Waals surface area contributed by atoms with Crippen molar-refractivity contribution in [2.75, 3.05) is 13.2 Å². The minimum Gasteiger partial charge on any atom is -0.486 e. The highest BCUT2D eigenvalue weighted by atomic mass is 79.9. The van der Waals surface area contributed by atoms with Gasteiger partial charge in [0.2, 0.25) is 5.16 Å². The average molecular weight is 425 g/mol. The SMILES string of the molecule is Brc1cc2c(cc1CSc1nnnn1Cc1cccs1)OCCO2. The van der Waals surface area contributed by atoms with Gasteiger partial charge in [-0.1, -0.05) is 33.8 Å². The number of hydrogen-bond donors (Lipinski definition) is 0. The zero-order valence-electron chi connectivity index (χ0n) is 12.5. The zero-order chi connectivity index (χ0) is 16.4. The normalized spacial score (nSPS) is 13.2. The Morgan fingerprint density at radius 2 is 2.08 bits per heavy atom. The zero-order valence-corrected chi connectivity index (χ0v) is 15.7. The summed E-state index contributed by atoms with van der Waals surface area (Å²) in [5.41, 5.74) is 1.12. The minimum atomic E-state index is 0.584. The summed E-state index contributed by atoms with van der Waals surface area (Å²) in [5.74, 6) is 2.31. The van der Waals surface area contributed by atoms with Crippen LogP contribution in [-0.2, 0) is 12.3 Å². The van der Waals surface area contributed by atoms with E-state index in [0.29, 0.717) is 19.8 Å². The molecule has 0 unspecified atom stereocenters. The number of halogens is 1. The molecule has 1 aliphatic heterocycles. The van der Waals surface area contributed by atoms with Gasteiger partial charge in [0.1, 0.15) is 13.2 Å². The summed E-state index contributed by atoms with van der Waals surface area (Å²) >= 11 is 6.90. The Kier molecular flexibility index (Phi) is 4.72. The summed E-state index contributed by atoms with van der Waals surface area (Å²) in [4.78, 5) is 1.23. The van der Waals surface area contributed by atoms with E-state index in [-0.39, 0.29) is 0 Å². The van der Waals surface area contributed by atoms with Crippen LogP contribution in [0.4, 0.5) is 0 Å². The average Bonchev–Trinajstić information content (AvgIpc) is 3.25. The molecule has 4 rings (SSSR count). The number of tetrazole rings is 1. The monoisotopic (exact) mass is 424 g/mol. The Labute approximate surface area is 155 Å². The number of aromatic nitrogens is 4. The summed E-state index contributed by atoms with van der Waals surface area (Å²) in [5, 5.41) is 14.9. The lowest BCUT2D eigenvalue weighted by Gasteiger charge is -2.19. The van der Waals surface area contributed by atoms with Crippen molar-refractivity contribution in [1.29, 1.82) is 0 Å². The lowest BCUT2D eigenvalue weighted by molar-refractivity contribution is 0.171. The standard InChI is InChI=1S/C15H13BrN4O2S2/c16-12-7-14-13(21-3-4-22-14)6-10(12)9-24-15-17-18-19-20(15)8-11-2-1-5-23-11/h1-2,5-7H,3-4,8-9H2. The third-order valence-corrected chi connectivity index (χ3v) is 6.06. The molecule has 0 atom stereocenters. The molecule has 124 valence electrons. The molecular formula is C15H13BrN4O2S2. The number of ether oxygens (including phenoxy) is 2. The molecule has 1 aliphatic rings. The topological polar surface area (TPSA) is 62.1 Å². The van der Waals surface area contributed by atoms with Crippen LogP contribution in [0.2, 0.25) is 0 Å². The molecule has 0 spiro atoms. The van der Waals surface area contributed by atoms with Crippen molar-refractivity contribution in [2.45, 2.75) is 17.5 Å². The van der Waals surface area contributed by atoms with Crippen LogP contribution in [0.5, 0.6) is 11.5 Å². The fourth-order valence-electron chi connectivity index (χ4n) is 2.31. The van der Waals surface area contributed by atoms with Crippen molar-refractivity contribution in [3.63, 3.8) is 0 Å². The van der Waals surface area contributed by atoms with Crippen molar-refractivity contribution in [1.82, 2.24) is 20.2 Å². The van der Waals surface area contributed by atoms with E-state index in [1.54, 1.807) is 23.1 Å². The van der Waals surface area contributed by atoms with Crippen LogP contribution in [0.15, 0.2) is 39.3 Å². The van der Waals surface area contributed by atoms with Crippen LogP contribution in [0.1, 0.15) is 10.4 Å². The number of rotatable bonds is 5. The highest BCUT2D eigenvalue weighted by Crippen LogP contribution is 2.37. The molecule has 3 aromatic rings. The Balaban J connectivity index is 1.48. The molecular weight excluding hydrogens is 412 g/mol. The highest BCUT2D eigenvalue weighted by Gasteiger charge is 2.16. The van der Waals surface area contributed by atoms with Crippen molar-refractivity contribution < 1.29 is 9.47 Å². The molecule has 0 aliphatic carbocycles. The first kappa shape index (κ1) is 15.9. The van der Waals surface area contributed by atoms with E-state index in [4.69, 9.17) is 9.47 Å². The third kappa shape index (κ3) is 3.42. The van der Waals surface area contributed by atoms with Crippen LogP contribution in [0.25, 0.3) is 0 Å². The number of thiophene rings is 1. The Bertz CT molecular complexity index is 838. The first-order valence-corrected chi connectivity index (χ1v) is 9.95. The van der Waals surface area contributed by atoms with E-state index in [1.165, 1.54) is 4.88 Å². The third-order valence-electron chi connectivity index (χ3n) is 3.45. The van der Waals surface area contributed by atoms with Gasteiger partial charge < -0.3 is 9.47 Å². The van der Waals surface area contributed by atoms with Gasteiger partial charge in [-0.15, -0.1) is 16.4 Å². The molecule has 3 heterocycles. The van der Waals surface area contributed by atoms with Gasteiger partial charge in [-0.3, -0.25) is 0 Å². The summed E-state index contributed by atoms with van der Waals surface area (Å²) in [6, 6.07) is 8.08. The van der Waals surface area contributed by atoms with Gasteiger partial charge in [-0.2, -0.15) is 0 Å². The number of benzene rings is 1. The molecule has 0 saturated heterocycles. The first-order valence-electron chi connectivity index (χ1n) is 7.29. The van der Waals surface area contributed by atoms with E-state index in [0.717, 1.165) is 32.4 Å². The van der Waals surface area contributed by atoms with Gasteiger partial charge in [0.25, 0.3) is 0 Å². The lowest BCUT2D eigenvalue weighted by Crippen LogP contribution is -2.15. The lowest BCUT2D eigenvalue weighted by atomic mass is 10.2. The summed E-state index contributed by atoms with van der Waals surface area (Å²) < 4.78 is 14.1. The Morgan fingerprint density at radius 1 is 1.25 bits per heavy atom. The molecule has 1 aromatic carbocycles. The van der Waals surface area contributed by atoms with Crippen molar-refractivity contribution >= 4 is 39.0 Å². The smallest absolute Gasteiger partial charge is 0.209 e. The summed E-state index contributed by atoms with van der Waals surface area (Å²) in [6.07, 6.45) is 0. The number of thioether (sulfide) groups is 1. The van der Waals surface area contributed by atoms with Crippen LogP contribution in [0, 0.1) is 0 Å². The number of nitrogens with zero attached hydrogens (tertiary/aromatic N) is 4. The second-order valence-corrected chi connectivity index (χ2v) is 7.90. The molecule has 2 aromatic heterocycles. The largest absolute Gasteiger partial charge is 0.486 e. The van der Waals surface area contributed by atoms with Gasteiger partial charge in [0.15, 0.2) is 11.5 Å². The van der Waals surface area contributed by atoms with Crippen LogP contribution >= 0.6 is 39.0 Å². The van der Waals surface area contributed by atoms with Gasteiger partial charge in [0.05, 0.1) is 6.54 Å². The van der Waals surface area contributed by atoms with Gasteiger partial charge in [-0.05, 0) is 39.6 Å².